The predicted molar refractivity (Wildman–Crippen MR) is 69.4 cm³/mol. The van der Waals surface area contributed by atoms with Crippen LogP contribution in [0.5, 0.6) is 0 Å². The molecule has 102 valence electrons. The molecule has 0 bridgehead atoms. The van der Waals surface area contributed by atoms with E-state index in [1.54, 1.807) is 18.2 Å². The number of carboxylic acid groups (broad SMARTS) is 1. The molecule has 6 nitrogen and oxygen atoms in total. The normalized spacial score (nSPS) is 10.0. The Labute approximate surface area is 114 Å². The van der Waals surface area contributed by atoms with Gasteiger partial charge in [0, 0.05) is 5.56 Å². The lowest BCUT2D eigenvalue weighted by atomic mass is 10.1. The largest absolute Gasteiger partial charge is 0.476 e. The lowest BCUT2D eigenvalue weighted by Gasteiger charge is -2.04. The summed E-state index contributed by atoms with van der Waals surface area (Å²) >= 11 is 0. The Bertz CT molecular complexity index is 659. The Morgan fingerprint density at radius 1 is 1.45 bits per heavy atom. The average molecular weight is 273 g/mol. The van der Waals surface area contributed by atoms with E-state index >= 15 is 0 Å². The van der Waals surface area contributed by atoms with Gasteiger partial charge >= 0.3 is 11.9 Å². The van der Waals surface area contributed by atoms with Crippen LogP contribution in [0, 0.1) is 0 Å². The molecule has 0 unspecified atom stereocenters. The quantitative estimate of drug-likeness (QED) is 0.664. The fourth-order valence-corrected chi connectivity index (χ4v) is 1.61. The molecule has 0 spiro atoms. The fourth-order valence-electron chi connectivity index (χ4n) is 1.61. The minimum atomic E-state index is -1.20. The number of esters is 1. The van der Waals surface area contributed by atoms with Crippen LogP contribution in [0.4, 0.5) is 0 Å². The first kappa shape index (κ1) is 13.5. The summed E-state index contributed by atoms with van der Waals surface area (Å²) in [6, 6.07) is 6.27. The van der Waals surface area contributed by atoms with E-state index in [4.69, 9.17) is 14.3 Å². The molecule has 0 aliphatic heterocycles. The van der Waals surface area contributed by atoms with Gasteiger partial charge in [-0.1, -0.05) is 24.8 Å². The van der Waals surface area contributed by atoms with Gasteiger partial charge in [0.1, 0.15) is 6.61 Å². The Balaban J connectivity index is 2.34. The van der Waals surface area contributed by atoms with Crippen LogP contribution >= 0.6 is 0 Å². The molecule has 0 aliphatic carbocycles. The summed E-state index contributed by atoms with van der Waals surface area (Å²) in [6.45, 7) is 3.55. The van der Waals surface area contributed by atoms with E-state index in [0.717, 1.165) is 6.39 Å². The minimum Gasteiger partial charge on any atom is -0.476 e. The zero-order valence-electron chi connectivity index (χ0n) is 10.4. The van der Waals surface area contributed by atoms with Crippen molar-refractivity contribution < 1.29 is 23.8 Å². The van der Waals surface area contributed by atoms with Crippen LogP contribution in [-0.4, -0.2) is 28.6 Å². The molecule has 0 saturated heterocycles. The van der Waals surface area contributed by atoms with Crippen molar-refractivity contribution >= 4 is 11.9 Å². The molecule has 0 amide bonds. The van der Waals surface area contributed by atoms with Crippen molar-refractivity contribution in [1.82, 2.24) is 4.98 Å². The minimum absolute atomic E-state index is 0.0934. The van der Waals surface area contributed by atoms with Gasteiger partial charge < -0.3 is 14.3 Å². The summed E-state index contributed by atoms with van der Waals surface area (Å²) in [5.41, 5.74) is 0.520. The van der Waals surface area contributed by atoms with Gasteiger partial charge in [-0.3, -0.25) is 0 Å². The number of aromatic nitrogens is 1. The molecule has 1 heterocycles. The first-order valence-electron chi connectivity index (χ1n) is 5.68. The Morgan fingerprint density at radius 3 is 2.95 bits per heavy atom. The monoisotopic (exact) mass is 273 g/mol. The number of ether oxygens (including phenoxy) is 1. The van der Waals surface area contributed by atoms with Crippen molar-refractivity contribution in [2.75, 3.05) is 6.61 Å². The molecule has 20 heavy (non-hydrogen) atoms. The molecule has 0 saturated carbocycles. The smallest absolute Gasteiger partial charge is 0.358 e. The van der Waals surface area contributed by atoms with Crippen LogP contribution in [0.25, 0.3) is 11.3 Å². The van der Waals surface area contributed by atoms with Crippen LogP contribution < -0.4 is 0 Å². The predicted octanol–water partition coefficient (Wildman–Crippen LogP) is 2.38. The highest BCUT2D eigenvalue weighted by Crippen LogP contribution is 2.24. The van der Waals surface area contributed by atoms with Crippen LogP contribution in [0.2, 0.25) is 0 Å². The number of hydrogen-bond acceptors (Lipinski definition) is 5. The number of rotatable bonds is 5. The number of aromatic carboxylic acids is 1. The van der Waals surface area contributed by atoms with Gasteiger partial charge in [0.05, 0.1) is 5.56 Å². The molecule has 2 rings (SSSR count). The van der Waals surface area contributed by atoms with Crippen LogP contribution in [0.15, 0.2) is 47.7 Å². The van der Waals surface area contributed by atoms with Gasteiger partial charge in [0.25, 0.3) is 0 Å². The zero-order chi connectivity index (χ0) is 14.5. The maximum atomic E-state index is 11.7. The lowest BCUT2D eigenvalue weighted by Crippen LogP contribution is -2.05. The number of carboxylic acids is 1. The summed E-state index contributed by atoms with van der Waals surface area (Å²) in [7, 11) is 0. The highest BCUT2D eigenvalue weighted by Gasteiger charge is 2.18. The Kier molecular flexibility index (Phi) is 3.95. The van der Waals surface area contributed by atoms with Crippen LogP contribution in [0.1, 0.15) is 20.8 Å². The van der Waals surface area contributed by atoms with E-state index in [0.29, 0.717) is 5.56 Å². The highest BCUT2D eigenvalue weighted by molar-refractivity contribution is 5.94. The van der Waals surface area contributed by atoms with Gasteiger partial charge in [-0.25, -0.2) is 14.6 Å². The maximum absolute atomic E-state index is 11.7. The first-order valence-corrected chi connectivity index (χ1v) is 5.68. The molecule has 2 aromatic rings. The third-order valence-corrected chi connectivity index (χ3v) is 2.46. The third kappa shape index (κ3) is 2.74. The lowest BCUT2D eigenvalue weighted by molar-refractivity contribution is 0.0549. The number of benzene rings is 1. The molecular weight excluding hydrogens is 262 g/mol. The molecule has 0 atom stereocenters. The SMILES string of the molecule is C=CCOC(=O)c1cccc(-c2ocnc2C(=O)O)c1. The number of oxazole rings is 1. The number of carbonyl (C=O) groups is 2. The Morgan fingerprint density at radius 2 is 2.25 bits per heavy atom. The van der Waals surface area contributed by atoms with E-state index in [9.17, 15) is 9.59 Å². The maximum Gasteiger partial charge on any atom is 0.358 e. The van der Waals surface area contributed by atoms with Crippen LogP contribution in [-0.2, 0) is 4.74 Å². The highest BCUT2D eigenvalue weighted by atomic mass is 16.5. The van der Waals surface area contributed by atoms with E-state index < -0.39 is 11.9 Å². The summed E-state index contributed by atoms with van der Waals surface area (Å²) in [5, 5.41) is 8.99. The van der Waals surface area contributed by atoms with Gasteiger partial charge in [0.2, 0.25) is 0 Å². The van der Waals surface area contributed by atoms with Crippen molar-refractivity contribution in [2.24, 2.45) is 0 Å². The topological polar surface area (TPSA) is 89.6 Å². The molecule has 1 aromatic heterocycles. The Hall–Kier alpha value is -2.89. The second kappa shape index (κ2) is 5.83. The number of carbonyl (C=O) groups excluding carboxylic acids is 1. The number of nitrogens with zero attached hydrogens (tertiary/aromatic N) is 1. The fraction of sp³-hybridized carbons (Fsp3) is 0.0714. The van der Waals surface area contributed by atoms with E-state index in [2.05, 4.69) is 11.6 Å². The summed E-state index contributed by atoms with van der Waals surface area (Å²) in [4.78, 5) is 26.3. The van der Waals surface area contributed by atoms with Gasteiger partial charge in [-0.2, -0.15) is 0 Å². The van der Waals surface area contributed by atoms with Crippen LogP contribution in [0.3, 0.4) is 0 Å². The van der Waals surface area contributed by atoms with E-state index in [1.807, 2.05) is 0 Å². The molecular formula is C14H11NO5. The van der Waals surface area contributed by atoms with Crippen molar-refractivity contribution in [3.63, 3.8) is 0 Å². The summed E-state index contributed by atoms with van der Waals surface area (Å²) in [5.74, 6) is -1.63. The second-order valence-electron chi connectivity index (χ2n) is 3.80. The molecule has 1 N–H and O–H groups in total. The number of hydrogen-bond donors (Lipinski definition) is 1. The van der Waals surface area contributed by atoms with E-state index in [1.165, 1.54) is 12.1 Å². The third-order valence-electron chi connectivity index (χ3n) is 2.46. The van der Waals surface area contributed by atoms with Crippen molar-refractivity contribution in [2.45, 2.75) is 0 Å². The first-order chi connectivity index (χ1) is 9.63. The molecule has 1 aromatic carbocycles. The molecule has 6 heteroatoms. The van der Waals surface area contributed by atoms with E-state index in [-0.39, 0.29) is 23.6 Å². The molecule has 0 radical (unpaired) electrons. The van der Waals surface area contributed by atoms with Gasteiger partial charge in [0.15, 0.2) is 17.8 Å². The molecule has 0 aliphatic rings. The summed E-state index contributed by atoms with van der Waals surface area (Å²) in [6.07, 6.45) is 2.50. The summed E-state index contributed by atoms with van der Waals surface area (Å²) < 4.78 is 9.98. The standard InChI is InChI=1S/C14H11NO5/c1-2-6-19-14(18)10-5-3-4-9(7-10)12-11(13(16)17)15-8-20-12/h2-5,7-8H,1,6H2,(H,16,17). The van der Waals surface area contributed by atoms with Crippen molar-refractivity contribution in [1.29, 1.82) is 0 Å². The second-order valence-corrected chi connectivity index (χ2v) is 3.80. The average Bonchev–Trinajstić information content (AvgIpc) is 2.94. The van der Waals surface area contributed by atoms with Gasteiger partial charge in [-0.05, 0) is 12.1 Å². The zero-order valence-corrected chi connectivity index (χ0v) is 10.4. The van der Waals surface area contributed by atoms with Gasteiger partial charge in [-0.15, -0.1) is 0 Å². The van der Waals surface area contributed by atoms with Crippen molar-refractivity contribution in [3.8, 4) is 11.3 Å². The molecule has 0 fully saturated rings. The van der Waals surface area contributed by atoms with Crippen molar-refractivity contribution in [3.05, 3.63) is 54.6 Å².